The van der Waals surface area contributed by atoms with Gasteiger partial charge < -0.3 is 15.4 Å². The predicted molar refractivity (Wildman–Crippen MR) is 79.7 cm³/mol. The number of benzene rings is 1. The first-order valence-corrected chi connectivity index (χ1v) is 7.24. The molecule has 0 saturated heterocycles. The molecule has 1 fully saturated rings. The third-order valence-electron chi connectivity index (χ3n) is 4.11. The highest BCUT2D eigenvalue weighted by Gasteiger charge is 2.29. The Morgan fingerprint density at radius 2 is 2.15 bits per heavy atom. The maximum Gasteiger partial charge on any atom is 0.225 e. The lowest BCUT2D eigenvalue weighted by molar-refractivity contribution is -0.134. The molecule has 0 bridgehead atoms. The fourth-order valence-electron chi connectivity index (χ4n) is 2.86. The zero-order chi connectivity index (χ0) is 14.5. The second-order valence-electron chi connectivity index (χ2n) is 5.59. The molecule has 0 aromatic heterocycles. The van der Waals surface area contributed by atoms with E-state index in [0.29, 0.717) is 6.54 Å². The van der Waals surface area contributed by atoms with E-state index < -0.39 is 0 Å². The van der Waals surface area contributed by atoms with Crippen LogP contribution >= 0.6 is 0 Å². The Balaban J connectivity index is 1.88. The fourth-order valence-corrected chi connectivity index (χ4v) is 2.86. The summed E-state index contributed by atoms with van der Waals surface area (Å²) in [5.74, 6) is 1.23. The van der Waals surface area contributed by atoms with Crippen molar-refractivity contribution < 1.29 is 9.53 Å². The van der Waals surface area contributed by atoms with Crippen LogP contribution in [0.5, 0.6) is 5.75 Å². The van der Waals surface area contributed by atoms with E-state index in [1.54, 1.807) is 7.11 Å². The van der Waals surface area contributed by atoms with E-state index in [4.69, 9.17) is 10.5 Å². The highest BCUT2D eigenvalue weighted by Crippen LogP contribution is 2.26. The molecular formula is C16H24N2O2. The molecule has 1 aromatic carbocycles. The van der Waals surface area contributed by atoms with Gasteiger partial charge in [-0.3, -0.25) is 4.79 Å². The lowest BCUT2D eigenvalue weighted by Gasteiger charge is -2.21. The largest absolute Gasteiger partial charge is 0.496 e. The van der Waals surface area contributed by atoms with Crippen LogP contribution in [0.25, 0.3) is 0 Å². The van der Waals surface area contributed by atoms with E-state index in [0.717, 1.165) is 37.0 Å². The van der Waals surface area contributed by atoms with Crippen molar-refractivity contribution in [2.75, 3.05) is 20.7 Å². The molecule has 1 aromatic rings. The number of para-hydroxylation sites is 1. The quantitative estimate of drug-likeness (QED) is 0.892. The summed E-state index contributed by atoms with van der Waals surface area (Å²) in [5.41, 5.74) is 7.02. The van der Waals surface area contributed by atoms with Crippen molar-refractivity contribution in [1.82, 2.24) is 4.90 Å². The van der Waals surface area contributed by atoms with Gasteiger partial charge in [-0.2, -0.15) is 0 Å². The van der Waals surface area contributed by atoms with Crippen LogP contribution in [0.15, 0.2) is 24.3 Å². The number of methoxy groups -OCH3 is 1. The van der Waals surface area contributed by atoms with Crippen LogP contribution in [0.2, 0.25) is 0 Å². The average Bonchev–Trinajstić information content (AvgIpc) is 2.90. The normalized spacial score (nSPS) is 21.8. The summed E-state index contributed by atoms with van der Waals surface area (Å²) in [6.45, 7) is 0.713. The summed E-state index contributed by atoms with van der Waals surface area (Å²) < 4.78 is 5.33. The minimum Gasteiger partial charge on any atom is -0.496 e. The maximum absolute atomic E-state index is 12.3. The molecule has 1 amide bonds. The summed E-state index contributed by atoms with van der Waals surface area (Å²) in [7, 11) is 3.55. The second kappa shape index (κ2) is 6.75. The third kappa shape index (κ3) is 3.51. The summed E-state index contributed by atoms with van der Waals surface area (Å²) in [6.07, 6.45) is 3.54. The molecule has 110 valence electrons. The van der Waals surface area contributed by atoms with Crippen molar-refractivity contribution >= 4 is 5.91 Å². The van der Waals surface area contributed by atoms with Gasteiger partial charge in [0.1, 0.15) is 5.75 Å². The van der Waals surface area contributed by atoms with Gasteiger partial charge in [-0.25, -0.2) is 0 Å². The number of nitrogens with two attached hydrogens (primary N) is 1. The SMILES string of the molecule is COc1ccccc1CCN(C)C(=O)C1CCC(N)C1. The number of likely N-dealkylation sites (N-methyl/N-ethyl adjacent to an activating group) is 1. The van der Waals surface area contributed by atoms with Crippen molar-refractivity contribution in [3.05, 3.63) is 29.8 Å². The van der Waals surface area contributed by atoms with Crippen LogP contribution in [0.1, 0.15) is 24.8 Å². The lowest BCUT2D eigenvalue weighted by atomic mass is 10.1. The Morgan fingerprint density at radius 3 is 2.80 bits per heavy atom. The topological polar surface area (TPSA) is 55.6 Å². The van der Waals surface area contributed by atoms with E-state index in [2.05, 4.69) is 0 Å². The number of hydrogen-bond acceptors (Lipinski definition) is 3. The first-order valence-electron chi connectivity index (χ1n) is 7.24. The number of nitrogens with zero attached hydrogens (tertiary/aromatic N) is 1. The number of ether oxygens (including phenoxy) is 1. The zero-order valence-corrected chi connectivity index (χ0v) is 12.3. The average molecular weight is 276 g/mol. The first kappa shape index (κ1) is 14.9. The molecule has 4 heteroatoms. The van der Waals surface area contributed by atoms with E-state index >= 15 is 0 Å². The smallest absolute Gasteiger partial charge is 0.225 e. The van der Waals surface area contributed by atoms with Crippen LogP contribution in [-0.4, -0.2) is 37.6 Å². The predicted octanol–water partition coefficient (Wildman–Crippen LogP) is 1.82. The second-order valence-corrected chi connectivity index (χ2v) is 5.59. The molecule has 2 N–H and O–H groups in total. The van der Waals surface area contributed by atoms with Crippen molar-refractivity contribution in [1.29, 1.82) is 0 Å². The van der Waals surface area contributed by atoms with E-state index in [9.17, 15) is 4.79 Å². The van der Waals surface area contributed by atoms with Gasteiger partial charge in [-0.05, 0) is 37.3 Å². The maximum atomic E-state index is 12.3. The molecule has 20 heavy (non-hydrogen) atoms. The summed E-state index contributed by atoms with van der Waals surface area (Å²) in [4.78, 5) is 14.1. The van der Waals surface area contributed by atoms with E-state index in [1.165, 1.54) is 0 Å². The Kier molecular flexibility index (Phi) is 5.01. The monoisotopic (exact) mass is 276 g/mol. The van der Waals surface area contributed by atoms with Crippen LogP contribution < -0.4 is 10.5 Å². The zero-order valence-electron chi connectivity index (χ0n) is 12.3. The molecule has 0 spiro atoms. The molecule has 2 unspecified atom stereocenters. The highest BCUT2D eigenvalue weighted by molar-refractivity contribution is 5.79. The Morgan fingerprint density at radius 1 is 1.40 bits per heavy atom. The summed E-state index contributed by atoms with van der Waals surface area (Å²) >= 11 is 0. The first-order chi connectivity index (χ1) is 9.61. The highest BCUT2D eigenvalue weighted by atomic mass is 16.5. The van der Waals surface area contributed by atoms with Crippen LogP contribution in [-0.2, 0) is 11.2 Å². The molecule has 2 atom stereocenters. The molecule has 0 aliphatic heterocycles. The molecule has 1 aliphatic carbocycles. The number of rotatable bonds is 5. The summed E-state index contributed by atoms with van der Waals surface area (Å²) in [6, 6.07) is 8.15. The molecule has 4 nitrogen and oxygen atoms in total. The van der Waals surface area contributed by atoms with Gasteiger partial charge in [0.15, 0.2) is 0 Å². The fraction of sp³-hybridized carbons (Fsp3) is 0.562. The standard InChI is InChI=1S/C16H24N2O2/c1-18(16(19)13-7-8-14(17)11-13)10-9-12-5-3-4-6-15(12)20-2/h3-6,13-14H,7-11,17H2,1-2H3. The Hall–Kier alpha value is -1.55. The minimum absolute atomic E-state index is 0.118. The number of amides is 1. The molecule has 2 rings (SSSR count). The van der Waals surface area contributed by atoms with Crippen molar-refractivity contribution in [2.45, 2.75) is 31.7 Å². The van der Waals surface area contributed by atoms with Gasteiger partial charge in [-0.15, -0.1) is 0 Å². The van der Waals surface area contributed by atoms with Gasteiger partial charge in [0.05, 0.1) is 7.11 Å². The third-order valence-corrected chi connectivity index (χ3v) is 4.11. The van der Waals surface area contributed by atoms with Gasteiger partial charge >= 0.3 is 0 Å². The van der Waals surface area contributed by atoms with Gasteiger partial charge in [0.2, 0.25) is 5.91 Å². The number of carbonyl (C=O) groups is 1. The Bertz CT molecular complexity index is 462. The van der Waals surface area contributed by atoms with Gasteiger partial charge in [0.25, 0.3) is 0 Å². The molecule has 1 aliphatic rings. The van der Waals surface area contributed by atoms with Crippen molar-refractivity contribution in [2.24, 2.45) is 11.7 Å². The molecule has 0 heterocycles. The van der Waals surface area contributed by atoms with Crippen molar-refractivity contribution in [3.8, 4) is 5.75 Å². The van der Waals surface area contributed by atoms with Crippen LogP contribution in [0.4, 0.5) is 0 Å². The summed E-state index contributed by atoms with van der Waals surface area (Å²) in [5, 5.41) is 0. The minimum atomic E-state index is 0.118. The lowest BCUT2D eigenvalue weighted by Crippen LogP contribution is -2.34. The van der Waals surface area contributed by atoms with Gasteiger partial charge in [-0.1, -0.05) is 18.2 Å². The van der Waals surface area contributed by atoms with Crippen molar-refractivity contribution in [3.63, 3.8) is 0 Å². The van der Waals surface area contributed by atoms with E-state index in [-0.39, 0.29) is 17.9 Å². The van der Waals surface area contributed by atoms with Crippen LogP contribution in [0.3, 0.4) is 0 Å². The Labute approximate surface area is 120 Å². The number of hydrogen-bond donors (Lipinski definition) is 1. The van der Waals surface area contributed by atoms with Crippen LogP contribution in [0, 0.1) is 5.92 Å². The molecule has 0 radical (unpaired) electrons. The number of carbonyl (C=O) groups excluding carboxylic acids is 1. The molecule has 1 saturated carbocycles. The van der Waals surface area contributed by atoms with E-state index in [1.807, 2.05) is 36.2 Å². The molecular weight excluding hydrogens is 252 g/mol. The van der Waals surface area contributed by atoms with Gasteiger partial charge in [0, 0.05) is 25.6 Å².